The normalized spacial score (nSPS) is 12.4. The Labute approximate surface area is 125 Å². The van der Waals surface area contributed by atoms with E-state index in [0.717, 1.165) is 17.2 Å². The van der Waals surface area contributed by atoms with Crippen LogP contribution >= 0.6 is 0 Å². The maximum atomic E-state index is 9.86. The van der Waals surface area contributed by atoms with Gasteiger partial charge >= 0.3 is 0 Å². The fraction of sp³-hybridized carbons (Fsp3) is 0.438. The molecule has 1 aromatic carbocycles. The van der Waals surface area contributed by atoms with Crippen LogP contribution in [0.4, 0.5) is 0 Å². The fourth-order valence-corrected chi connectivity index (χ4v) is 1.85. The van der Waals surface area contributed by atoms with Crippen LogP contribution in [0.25, 0.3) is 0 Å². The number of rotatable bonds is 7. The van der Waals surface area contributed by atoms with Crippen molar-refractivity contribution in [2.24, 2.45) is 0 Å². The van der Waals surface area contributed by atoms with Crippen LogP contribution in [0, 0.1) is 20.8 Å². The quantitative estimate of drug-likeness (QED) is 0.817. The van der Waals surface area contributed by atoms with Crippen molar-refractivity contribution in [3.8, 4) is 5.75 Å². The average molecular weight is 290 g/mol. The SMILES string of the molecule is Cc1ccc(OCC(O)CNCc2nc(C)c(C)o2)cc1. The van der Waals surface area contributed by atoms with Crippen molar-refractivity contribution in [2.75, 3.05) is 13.2 Å². The molecule has 1 atom stereocenters. The Kier molecular flexibility index (Phi) is 5.36. The van der Waals surface area contributed by atoms with Gasteiger partial charge in [-0.2, -0.15) is 0 Å². The number of ether oxygens (including phenoxy) is 1. The molecular weight excluding hydrogens is 268 g/mol. The second kappa shape index (κ2) is 7.24. The fourth-order valence-electron chi connectivity index (χ4n) is 1.85. The van der Waals surface area contributed by atoms with Crippen LogP contribution in [-0.4, -0.2) is 29.3 Å². The molecule has 1 heterocycles. The smallest absolute Gasteiger partial charge is 0.208 e. The molecule has 0 fully saturated rings. The molecule has 1 aromatic heterocycles. The Morgan fingerprint density at radius 3 is 2.57 bits per heavy atom. The highest BCUT2D eigenvalue weighted by Crippen LogP contribution is 2.11. The predicted molar refractivity (Wildman–Crippen MR) is 80.4 cm³/mol. The van der Waals surface area contributed by atoms with Crippen LogP contribution in [-0.2, 0) is 6.54 Å². The first-order chi connectivity index (χ1) is 10.0. The van der Waals surface area contributed by atoms with E-state index in [4.69, 9.17) is 9.15 Å². The van der Waals surface area contributed by atoms with Gasteiger partial charge in [0, 0.05) is 6.54 Å². The molecule has 5 heteroatoms. The summed E-state index contributed by atoms with van der Waals surface area (Å²) in [6.45, 7) is 6.99. The van der Waals surface area contributed by atoms with E-state index in [1.54, 1.807) is 0 Å². The maximum Gasteiger partial charge on any atom is 0.208 e. The maximum absolute atomic E-state index is 9.86. The molecule has 0 amide bonds. The van der Waals surface area contributed by atoms with E-state index in [1.807, 2.05) is 45.0 Å². The number of oxazole rings is 1. The van der Waals surface area contributed by atoms with E-state index in [0.29, 0.717) is 19.0 Å². The lowest BCUT2D eigenvalue weighted by Crippen LogP contribution is -2.31. The number of aliphatic hydroxyl groups excluding tert-OH is 1. The lowest BCUT2D eigenvalue weighted by molar-refractivity contribution is 0.105. The van der Waals surface area contributed by atoms with Gasteiger partial charge < -0.3 is 19.6 Å². The molecule has 0 aliphatic carbocycles. The van der Waals surface area contributed by atoms with Gasteiger partial charge in [0.05, 0.1) is 12.2 Å². The van der Waals surface area contributed by atoms with E-state index >= 15 is 0 Å². The number of hydrogen-bond donors (Lipinski definition) is 2. The highest BCUT2D eigenvalue weighted by molar-refractivity contribution is 5.26. The zero-order chi connectivity index (χ0) is 15.2. The highest BCUT2D eigenvalue weighted by Gasteiger charge is 2.08. The van der Waals surface area contributed by atoms with Gasteiger partial charge in [-0.1, -0.05) is 17.7 Å². The van der Waals surface area contributed by atoms with Crippen molar-refractivity contribution < 1.29 is 14.3 Å². The molecule has 0 saturated heterocycles. The van der Waals surface area contributed by atoms with Gasteiger partial charge in [-0.3, -0.25) is 0 Å². The van der Waals surface area contributed by atoms with Crippen LogP contribution in [0.15, 0.2) is 28.7 Å². The van der Waals surface area contributed by atoms with E-state index < -0.39 is 6.10 Å². The minimum atomic E-state index is -0.580. The molecule has 0 saturated carbocycles. The second-order valence-corrected chi connectivity index (χ2v) is 5.16. The lowest BCUT2D eigenvalue weighted by atomic mass is 10.2. The van der Waals surface area contributed by atoms with Gasteiger partial charge in [-0.25, -0.2) is 4.98 Å². The Bertz CT molecular complexity index is 544. The third kappa shape index (κ3) is 4.88. The Morgan fingerprint density at radius 1 is 1.24 bits per heavy atom. The van der Waals surface area contributed by atoms with Gasteiger partial charge in [0.25, 0.3) is 0 Å². The average Bonchev–Trinajstić information content (AvgIpc) is 2.77. The molecule has 0 aliphatic heterocycles. The summed E-state index contributed by atoms with van der Waals surface area (Å²) in [6.07, 6.45) is -0.580. The second-order valence-electron chi connectivity index (χ2n) is 5.16. The zero-order valence-electron chi connectivity index (χ0n) is 12.7. The molecule has 0 spiro atoms. The summed E-state index contributed by atoms with van der Waals surface area (Å²) in [5.74, 6) is 2.23. The first-order valence-electron chi connectivity index (χ1n) is 7.05. The van der Waals surface area contributed by atoms with Crippen LogP contribution in [0.2, 0.25) is 0 Å². The summed E-state index contributed by atoms with van der Waals surface area (Å²) >= 11 is 0. The standard InChI is InChI=1S/C16H22N2O3/c1-11-4-6-15(7-5-11)20-10-14(19)8-17-9-16-18-12(2)13(3)21-16/h4-7,14,17,19H,8-10H2,1-3H3. The molecule has 1 unspecified atom stereocenters. The van der Waals surface area contributed by atoms with Gasteiger partial charge in [0.15, 0.2) is 0 Å². The molecule has 21 heavy (non-hydrogen) atoms. The van der Waals surface area contributed by atoms with Gasteiger partial charge in [-0.05, 0) is 32.9 Å². The molecule has 0 aliphatic rings. The Morgan fingerprint density at radius 2 is 1.95 bits per heavy atom. The topological polar surface area (TPSA) is 67.5 Å². The number of aryl methyl sites for hydroxylation is 3. The number of aromatic nitrogens is 1. The van der Waals surface area contributed by atoms with E-state index in [-0.39, 0.29) is 6.61 Å². The molecular formula is C16H22N2O3. The summed E-state index contributed by atoms with van der Waals surface area (Å²) in [5.41, 5.74) is 2.08. The van der Waals surface area contributed by atoms with Crippen LogP contribution in [0.1, 0.15) is 22.9 Å². The van der Waals surface area contributed by atoms with E-state index in [1.165, 1.54) is 5.56 Å². The predicted octanol–water partition coefficient (Wildman–Crippen LogP) is 2.13. The van der Waals surface area contributed by atoms with Crippen molar-refractivity contribution in [1.82, 2.24) is 10.3 Å². The molecule has 2 rings (SSSR count). The number of hydrogen-bond acceptors (Lipinski definition) is 5. The number of nitrogens with one attached hydrogen (secondary N) is 1. The minimum Gasteiger partial charge on any atom is -0.491 e. The van der Waals surface area contributed by atoms with Crippen molar-refractivity contribution >= 4 is 0 Å². The first kappa shape index (κ1) is 15.5. The van der Waals surface area contributed by atoms with Crippen LogP contribution in [0.3, 0.4) is 0 Å². The van der Waals surface area contributed by atoms with Crippen molar-refractivity contribution in [3.63, 3.8) is 0 Å². The molecule has 5 nitrogen and oxygen atoms in total. The Balaban J connectivity index is 1.67. The van der Waals surface area contributed by atoms with Crippen molar-refractivity contribution in [3.05, 3.63) is 47.2 Å². The van der Waals surface area contributed by atoms with E-state index in [9.17, 15) is 5.11 Å². The third-order valence-electron chi connectivity index (χ3n) is 3.19. The number of aliphatic hydroxyl groups is 1. The summed E-state index contributed by atoms with van der Waals surface area (Å²) in [4.78, 5) is 4.27. The molecule has 0 radical (unpaired) electrons. The van der Waals surface area contributed by atoms with Gasteiger partial charge in [-0.15, -0.1) is 0 Å². The van der Waals surface area contributed by atoms with Crippen LogP contribution in [0.5, 0.6) is 5.75 Å². The first-order valence-corrected chi connectivity index (χ1v) is 7.05. The molecule has 0 bridgehead atoms. The van der Waals surface area contributed by atoms with Gasteiger partial charge in [0.1, 0.15) is 24.2 Å². The molecule has 2 aromatic rings. The largest absolute Gasteiger partial charge is 0.491 e. The summed E-state index contributed by atoms with van der Waals surface area (Å²) < 4.78 is 11.0. The Hall–Kier alpha value is -1.85. The zero-order valence-corrected chi connectivity index (χ0v) is 12.7. The van der Waals surface area contributed by atoms with Crippen molar-refractivity contribution in [1.29, 1.82) is 0 Å². The lowest BCUT2D eigenvalue weighted by Gasteiger charge is -2.12. The van der Waals surface area contributed by atoms with Gasteiger partial charge in [0.2, 0.25) is 5.89 Å². The third-order valence-corrected chi connectivity index (χ3v) is 3.19. The number of nitrogens with zero attached hydrogens (tertiary/aromatic N) is 1. The molecule has 2 N–H and O–H groups in total. The minimum absolute atomic E-state index is 0.250. The van der Waals surface area contributed by atoms with E-state index in [2.05, 4.69) is 10.3 Å². The summed E-state index contributed by atoms with van der Waals surface area (Å²) in [7, 11) is 0. The number of benzene rings is 1. The summed E-state index contributed by atoms with van der Waals surface area (Å²) in [6, 6.07) is 7.75. The monoisotopic (exact) mass is 290 g/mol. The van der Waals surface area contributed by atoms with Crippen molar-refractivity contribution in [2.45, 2.75) is 33.4 Å². The van der Waals surface area contributed by atoms with Crippen LogP contribution < -0.4 is 10.1 Å². The highest BCUT2D eigenvalue weighted by atomic mass is 16.5. The molecule has 114 valence electrons. The summed E-state index contributed by atoms with van der Waals surface area (Å²) in [5, 5.41) is 13.0.